The Kier molecular flexibility index (Phi) is 6.14. The summed E-state index contributed by atoms with van der Waals surface area (Å²) < 4.78 is 2.21. The van der Waals surface area contributed by atoms with E-state index in [4.69, 9.17) is 4.98 Å². The second-order valence-corrected chi connectivity index (χ2v) is 7.71. The van der Waals surface area contributed by atoms with E-state index in [1.807, 2.05) is 54.6 Å². The largest absolute Gasteiger partial charge is 0.478 e. The number of hydrogen-bond donors (Lipinski definition) is 2. The molecular formula is C26H26N2O3. The fourth-order valence-corrected chi connectivity index (χ4v) is 4.03. The average molecular weight is 415 g/mol. The quantitative estimate of drug-likeness (QED) is 0.411. The lowest BCUT2D eigenvalue weighted by atomic mass is 9.98. The molecule has 0 radical (unpaired) electrons. The first-order chi connectivity index (χ1) is 15.1. The molecule has 0 aliphatic rings. The Morgan fingerprint density at radius 2 is 1.77 bits per heavy atom. The first-order valence-corrected chi connectivity index (χ1v) is 10.6. The van der Waals surface area contributed by atoms with Crippen LogP contribution in [-0.4, -0.2) is 25.7 Å². The van der Waals surface area contributed by atoms with Gasteiger partial charge in [-0.3, -0.25) is 0 Å². The van der Waals surface area contributed by atoms with Crippen LogP contribution in [0.4, 0.5) is 0 Å². The number of rotatable bonds is 8. The summed E-state index contributed by atoms with van der Waals surface area (Å²) in [6.45, 7) is 2.79. The molecule has 0 saturated carbocycles. The van der Waals surface area contributed by atoms with Gasteiger partial charge in [0.1, 0.15) is 5.82 Å². The Balaban J connectivity index is 1.71. The molecule has 0 atom stereocenters. The summed E-state index contributed by atoms with van der Waals surface area (Å²) in [4.78, 5) is 16.4. The van der Waals surface area contributed by atoms with Crippen LogP contribution in [0.5, 0.6) is 0 Å². The molecule has 31 heavy (non-hydrogen) atoms. The van der Waals surface area contributed by atoms with Crippen molar-refractivity contribution in [2.24, 2.45) is 0 Å². The SMILES string of the molecule is CCCCc1nc2cccc(CO)c2n1Cc1ccc(-c2ccccc2C(=O)O)cc1. The van der Waals surface area contributed by atoms with E-state index in [2.05, 4.69) is 11.5 Å². The van der Waals surface area contributed by atoms with Crippen LogP contribution in [0.25, 0.3) is 22.2 Å². The molecule has 0 spiro atoms. The molecule has 5 heteroatoms. The van der Waals surface area contributed by atoms with Gasteiger partial charge in [0.05, 0.1) is 23.2 Å². The Hall–Kier alpha value is -3.44. The maximum atomic E-state index is 11.6. The minimum Gasteiger partial charge on any atom is -0.478 e. The van der Waals surface area contributed by atoms with Gasteiger partial charge in [-0.15, -0.1) is 0 Å². The van der Waals surface area contributed by atoms with E-state index in [9.17, 15) is 15.0 Å². The maximum absolute atomic E-state index is 11.6. The zero-order valence-corrected chi connectivity index (χ0v) is 17.6. The van der Waals surface area contributed by atoms with Crippen molar-refractivity contribution in [3.05, 3.63) is 89.2 Å². The lowest BCUT2D eigenvalue weighted by Crippen LogP contribution is -2.07. The second kappa shape index (κ2) is 9.14. The van der Waals surface area contributed by atoms with Gasteiger partial charge in [-0.1, -0.05) is 67.9 Å². The summed E-state index contributed by atoms with van der Waals surface area (Å²) in [6, 6.07) is 20.9. The van der Waals surface area contributed by atoms with Crippen LogP contribution in [0, 0.1) is 0 Å². The fourth-order valence-electron chi connectivity index (χ4n) is 4.03. The van der Waals surface area contributed by atoms with Gasteiger partial charge in [-0.05, 0) is 35.2 Å². The highest BCUT2D eigenvalue weighted by molar-refractivity contribution is 5.96. The maximum Gasteiger partial charge on any atom is 0.336 e. The molecule has 4 aromatic rings. The predicted octanol–water partition coefficient (Wildman–Crippen LogP) is 5.28. The molecule has 3 aromatic carbocycles. The minimum absolute atomic E-state index is 0.0266. The lowest BCUT2D eigenvalue weighted by molar-refractivity contribution is 0.0697. The first kappa shape index (κ1) is 20.8. The molecule has 2 N–H and O–H groups in total. The van der Waals surface area contributed by atoms with Gasteiger partial charge >= 0.3 is 5.97 Å². The van der Waals surface area contributed by atoms with Crippen LogP contribution in [0.15, 0.2) is 66.7 Å². The molecule has 0 fully saturated rings. The van der Waals surface area contributed by atoms with Gasteiger partial charge in [0.2, 0.25) is 0 Å². The third-order valence-electron chi connectivity index (χ3n) is 5.62. The molecule has 1 aromatic heterocycles. The Labute approximate surface area is 181 Å². The number of carbonyl (C=O) groups is 1. The Morgan fingerprint density at radius 3 is 2.48 bits per heavy atom. The zero-order valence-electron chi connectivity index (χ0n) is 17.6. The normalized spacial score (nSPS) is 11.2. The molecule has 158 valence electrons. The van der Waals surface area contributed by atoms with Gasteiger partial charge in [-0.25, -0.2) is 9.78 Å². The summed E-state index contributed by atoms with van der Waals surface area (Å²) >= 11 is 0. The van der Waals surface area contributed by atoms with E-state index < -0.39 is 5.97 Å². The van der Waals surface area contributed by atoms with Crippen molar-refractivity contribution in [1.82, 2.24) is 9.55 Å². The van der Waals surface area contributed by atoms with Gasteiger partial charge in [-0.2, -0.15) is 0 Å². The van der Waals surface area contributed by atoms with Crippen molar-refractivity contribution < 1.29 is 15.0 Å². The molecule has 0 saturated heterocycles. The number of nitrogens with zero attached hydrogens (tertiary/aromatic N) is 2. The third-order valence-corrected chi connectivity index (χ3v) is 5.62. The minimum atomic E-state index is -0.929. The number of aryl methyl sites for hydroxylation is 1. The summed E-state index contributed by atoms with van der Waals surface area (Å²) in [5.41, 5.74) is 5.74. The van der Waals surface area contributed by atoms with Crippen molar-refractivity contribution >= 4 is 17.0 Å². The number of aliphatic hydroxyl groups is 1. The van der Waals surface area contributed by atoms with Gasteiger partial charge in [0, 0.05) is 18.5 Å². The standard InChI is InChI=1S/C26H26N2O3/c1-2-3-11-24-27-23-10-6-7-20(17-29)25(23)28(24)16-18-12-14-19(15-13-18)21-8-4-5-9-22(21)26(30)31/h4-10,12-15,29H,2-3,11,16-17H2,1H3,(H,30,31). The van der Waals surface area contributed by atoms with E-state index in [0.29, 0.717) is 17.7 Å². The summed E-state index contributed by atoms with van der Waals surface area (Å²) in [5.74, 6) is 0.0970. The van der Waals surface area contributed by atoms with Crippen LogP contribution < -0.4 is 0 Å². The molecule has 0 bridgehead atoms. The van der Waals surface area contributed by atoms with Crippen molar-refractivity contribution in [1.29, 1.82) is 0 Å². The highest BCUT2D eigenvalue weighted by Gasteiger charge is 2.15. The van der Waals surface area contributed by atoms with Crippen molar-refractivity contribution in [2.75, 3.05) is 0 Å². The summed E-state index contributed by atoms with van der Waals surface area (Å²) in [7, 11) is 0. The highest BCUT2D eigenvalue weighted by Crippen LogP contribution is 2.26. The van der Waals surface area contributed by atoms with Crippen molar-refractivity contribution in [3.63, 3.8) is 0 Å². The summed E-state index contributed by atoms with van der Waals surface area (Å²) in [6.07, 6.45) is 3.04. The molecule has 0 amide bonds. The summed E-state index contributed by atoms with van der Waals surface area (Å²) in [5, 5.41) is 19.3. The number of aromatic carboxylic acids is 1. The number of unbranched alkanes of at least 4 members (excludes halogenated alkanes) is 1. The number of aromatic nitrogens is 2. The molecule has 5 nitrogen and oxygen atoms in total. The smallest absolute Gasteiger partial charge is 0.336 e. The number of aliphatic hydroxyl groups excluding tert-OH is 1. The van der Waals surface area contributed by atoms with E-state index in [0.717, 1.165) is 52.8 Å². The first-order valence-electron chi connectivity index (χ1n) is 10.6. The Bertz CT molecular complexity index is 1210. The van der Waals surface area contributed by atoms with Crippen LogP contribution in [0.1, 0.15) is 47.1 Å². The van der Waals surface area contributed by atoms with E-state index in [1.165, 1.54) is 0 Å². The number of fused-ring (bicyclic) bond motifs is 1. The van der Waals surface area contributed by atoms with Crippen LogP contribution >= 0.6 is 0 Å². The van der Waals surface area contributed by atoms with Gasteiger partial charge in [0.25, 0.3) is 0 Å². The monoisotopic (exact) mass is 414 g/mol. The lowest BCUT2D eigenvalue weighted by Gasteiger charge is -2.12. The average Bonchev–Trinajstić information content (AvgIpc) is 3.15. The van der Waals surface area contributed by atoms with Gasteiger partial charge in [0.15, 0.2) is 0 Å². The molecule has 1 heterocycles. The van der Waals surface area contributed by atoms with Crippen molar-refractivity contribution in [2.45, 2.75) is 39.3 Å². The number of carboxylic acids is 1. The van der Waals surface area contributed by atoms with E-state index >= 15 is 0 Å². The fraction of sp³-hybridized carbons (Fsp3) is 0.231. The van der Waals surface area contributed by atoms with Gasteiger partial charge < -0.3 is 14.8 Å². The molecular weight excluding hydrogens is 388 g/mol. The molecule has 4 rings (SSSR count). The number of carboxylic acid groups (broad SMARTS) is 1. The number of para-hydroxylation sites is 1. The van der Waals surface area contributed by atoms with E-state index in [1.54, 1.807) is 12.1 Å². The molecule has 0 aliphatic carbocycles. The molecule has 0 unspecified atom stereocenters. The topological polar surface area (TPSA) is 75.4 Å². The highest BCUT2D eigenvalue weighted by atomic mass is 16.4. The molecule has 0 aliphatic heterocycles. The van der Waals surface area contributed by atoms with Crippen LogP contribution in [0.3, 0.4) is 0 Å². The van der Waals surface area contributed by atoms with Crippen molar-refractivity contribution in [3.8, 4) is 11.1 Å². The zero-order chi connectivity index (χ0) is 21.8. The predicted molar refractivity (Wildman–Crippen MR) is 122 cm³/mol. The number of hydrogen-bond acceptors (Lipinski definition) is 3. The van der Waals surface area contributed by atoms with Crippen LogP contribution in [0.2, 0.25) is 0 Å². The van der Waals surface area contributed by atoms with E-state index in [-0.39, 0.29) is 6.61 Å². The number of imidazole rings is 1. The number of benzene rings is 3. The van der Waals surface area contributed by atoms with Crippen LogP contribution in [-0.2, 0) is 19.6 Å². The Morgan fingerprint density at radius 1 is 1.00 bits per heavy atom. The second-order valence-electron chi connectivity index (χ2n) is 7.71. The third kappa shape index (κ3) is 4.23.